The van der Waals surface area contributed by atoms with E-state index >= 15 is 0 Å². The van der Waals surface area contributed by atoms with Crippen LogP contribution in [-0.2, 0) is 12.0 Å². The Bertz CT molecular complexity index is 452. The summed E-state index contributed by atoms with van der Waals surface area (Å²) in [6, 6.07) is 1.74. The van der Waals surface area contributed by atoms with Crippen molar-refractivity contribution in [2.45, 2.75) is 31.8 Å². The van der Waals surface area contributed by atoms with Gasteiger partial charge in [-0.25, -0.2) is 0 Å². The van der Waals surface area contributed by atoms with Crippen LogP contribution in [0.3, 0.4) is 0 Å². The zero-order valence-electron chi connectivity index (χ0n) is 9.05. The van der Waals surface area contributed by atoms with Crippen LogP contribution in [-0.4, -0.2) is 11.9 Å². The second-order valence-corrected chi connectivity index (χ2v) is 4.74. The fourth-order valence-corrected chi connectivity index (χ4v) is 2.67. The van der Waals surface area contributed by atoms with Crippen molar-refractivity contribution in [3.63, 3.8) is 0 Å². The predicted molar refractivity (Wildman–Crippen MR) is 60.1 cm³/mol. The van der Waals surface area contributed by atoms with Gasteiger partial charge in [-0.2, -0.15) is 0 Å². The van der Waals surface area contributed by atoms with Gasteiger partial charge in [-0.15, -0.1) is 0 Å². The van der Waals surface area contributed by atoms with E-state index in [4.69, 9.17) is 21.1 Å². The van der Waals surface area contributed by atoms with E-state index in [1.807, 2.05) is 6.92 Å². The molecular weight excluding hydrogens is 228 g/mol. The van der Waals surface area contributed by atoms with Gasteiger partial charge in [-0.05, 0) is 19.3 Å². The van der Waals surface area contributed by atoms with Gasteiger partial charge in [0.25, 0.3) is 0 Å². The zero-order chi connectivity index (χ0) is 11.3. The Morgan fingerprint density at radius 3 is 2.81 bits per heavy atom. The molecule has 1 aliphatic carbocycles. The predicted octanol–water partition coefficient (Wildman–Crippen LogP) is 2.61. The normalized spacial score (nSPS) is 19.9. The first kappa shape index (κ1) is 10.2. The van der Waals surface area contributed by atoms with Crippen molar-refractivity contribution in [2.75, 3.05) is 6.79 Å². The highest BCUT2D eigenvalue weighted by atomic mass is 35.5. The lowest BCUT2D eigenvalue weighted by Crippen LogP contribution is -2.09. The number of rotatable bonds is 2. The van der Waals surface area contributed by atoms with Crippen LogP contribution in [0.5, 0.6) is 11.5 Å². The standard InChI is InChI=1S/C12H13ClO3/c1-2-7-10(12(14)3-4-12)8(13)5-9-11(7)16-6-15-9/h5,14H,2-4,6H2,1H3. The average molecular weight is 241 g/mol. The molecule has 1 aromatic carbocycles. The van der Waals surface area contributed by atoms with Crippen molar-refractivity contribution in [1.29, 1.82) is 0 Å². The molecule has 0 saturated heterocycles. The summed E-state index contributed by atoms with van der Waals surface area (Å²) >= 11 is 6.22. The third-order valence-corrected chi connectivity index (χ3v) is 3.55. The van der Waals surface area contributed by atoms with Crippen molar-refractivity contribution < 1.29 is 14.6 Å². The molecule has 1 aromatic rings. The van der Waals surface area contributed by atoms with Gasteiger partial charge in [0, 0.05) is 17.2 Å². The smallest absolute Gasteiger partial charge is 0.231 e. The number of hydrogen-bond donors (Lipinski definition) is 1. The monoisotopic (exact) mass is 240 g/mol. The summed E-state index contributed by atoms with van der Waals surface area (Å²) in [6.07, 6.45) is 2.34. The number of benzene rings is 1. The van der Waals surface area contributed by atoms with Gasteiger partial charge in [0.15, 0.2) is 11.5 Å². The number of fused-ring (bicyclic) bond motifs is 1. The first-order valence-electron chi connectivity index (χ1n) is 5.49. The highest BCUT2D eigenvalue weighted by molar-refractivity contribution is 6.31. The Balaban J connectivity index is 2.23. The van der Waals surface area contributed by atoms with Gasteiger partial charge in [-0.3, -0.25) is 0 Å². The highest BCUT2D eigenvalue weighted by Crippen LogP contribution is 2.53. The lowest BCUT2D eigenvalue weighted by molar-refractivity contribution is 0.149. The quantitative estimate of drug-likeness (QED) is 0.864. The van der Waals surface area contributed by atoms with E-state index in [2.05, 4.69) is 0 Å². The van der Waals surface area contributed by atoms with E-state index in [-0.39, 0.29) is 6.79 Å². The van der Waals surface area contributed by atoms with Gasteiger partial charge in [0.2, 0.25) is 6.79 Å². The molecule has 0 bridgehead atoms. The molecule has 0 atom stereocenters. The summed E-state index contributed by atoms with van der Waals surface area (Å²) in [5.74, 6) is 1.44. The van der Waals surface area contributed by atoms with E-state index in [9.17, 15) is 5.11 Å². The van der Waals surface area contributed by atoms with Crippen LogP contribution in [0, 0.1) is 0 Å². The van der Waals surface area contributed by atoms with Crippen molar-refractivity contribution in [2.24, 2.45) is 0 Å². The summed E-state index contributed by atoms with van der Waals surface area (Å²) in [4.78, 5) is 0. The second kappa shape index (κ2) is 3.28. The molecule has 0 radical (unpaired) electrons. The molecule has 86 valence electrons. The maximum atomic E-state index is 10.2. The molecule has 3 rings (SSSR count). The van der Waals surface area contributed by atoms with Gasteiger partial charge in [-0.1, -0.05) is 18.5 Å². The van der Waals surface area contributed by atoms with Crippen molar-refractivity contribution >= 4 is 11.6 Å². The average Bonchev–Trinajstić information content (AvgIpc) is 2.82. The summed E-state index contributed by atoms with van der Waals surface area (Å²) in [5, 5.41) is 10.8. The molecule has 4 heteroatoms. The lowest BCUT2D eigenvalue weighted by Gasteiger charge is -2.17. The minimum Gasteiger partial charge on any atom is -0.454 e. The first-order chi connectivity index (χ1) is 7.65. The van der Waals surface area contributed by atoms with E-state index in [1.165, 1.54) is 0 Å². The molecule has 1 saturated carbocycles. The SMILES string of the molecule is CCc1c2c(cc(Cl)c1C1(O)CC1)OCO2. The molecule has 0 unspecified atom stereocenters. The van der Waals surface area contributed by atoms with Crippen LogP contribution >= 0.6 is 11.6 Å². The van der Waals surface area contributed by atoms with Gasteiger partial charge >= 0.3 is 0 Å². The summed E-state index contributed by atoms with van der Waals surface area (Å²) in [6.45, 7) is 2.27. The molecule has 1 aliphatic heterocycles. The van der Waals surface area contributed by atoms with Crippen LogP contribution in [0.25, 0.3) is 0 Å². The molecule has 3 nitrogen and oxygen atoms in total. The molecule has 1 N–H and O–H groups in total. The van der Waals surface area contributed by atoms with Gasteiger partial charge < -0.3 is 14.6 Å². The van der Waals surface area contributed by atoms with Crippen molar-refractivity contribution in [3.8, 4) is 11.5 Å². The molecular formula is C12H13ClO3. The lowest BCUT2D eigenvalue weighted by atomic mass is 9.97. The fraction of sp³-hybridized carbons (Fsp3) is 0.500. The summed E-state index contributed by atoms with van der Waals surface area (Å²) in [7, 11) is 0. The maximum absolute atomic E-state index is 10.2. The Hall–Kier alpha value is -0.930. The molecule has 1 heterocycles. The Morgan fingerprint density at radius 1 is 1.44 bits per heavy atom. The number of ether oxygens (including phenoxy) is 2. The molecule has 2 aliphatic rings. The molecule has 1 fully saturated rings. The van der Waals surface area contributed by atoms with Crippen LogP contribution in [0.4, 0.5) is 0 Å². The summed E-state index contributed by atoms with van der Waals surface area (Å²) in [5.41, 5.74) is 1.09. The summed E-state index contributed by atoms with van der Waals surface area (Å²) < 4.78 is 10.8. The third-order valence-electron chi connectivity index (χ3n) is 3.26. The van der Waals surface area contributed by atoms with Crippen LogP contribution in [0.1, 0.15) is 30.9 Å². The Labute approximate surface area is 98.9 Å². The molecule has 0 aromatic heterocycles. The van der Waals surface area contributed by atoms with Crippen molar-refractivity contribution in [3.05, 3.63) is 22.2 Å². The Morgan fingerprint density at radius 2 is 2.19 bits per heavy atom. The van der Waals surface area contributed by atoms with Crippen LogP contribution in [0.15, 0.2) is 6.07 Å². The zero-order valence-corrected chi connectivity index (χ0v) is 9.80. The van der Waals surface area contributed by atoms with Crippen molar-refractivity contribution in [1.82, 2.24) is 0 Å². The largest absolute Gasteiger partial charge is 0.454 e. The van der Waals surface area contributed by atoms with Gasteiger partial charge in [0.1, 0.15) is 0 Å². The van der Waals surface area contributed by atoms with E-state index in [1.54, 1.807) is 6.07 Å². The Kier molecular flexibility index (Phi) is 2.10. The van der Waals surface area contributed by atoms with E-state index in [0.717, 1.165) is 36.1 Å². The molecule has 0 amide bonds. The number of aliphatic hydroxyl groups is 1. The highest BCUT2D eigenvalue weighted by Gasteiger charge is 2.46. The maximum Gasteiger partial charge on any atom is 0.231 e. The van der Waals surface area contributed by atoms with E-state index in [0.29, 0.717) is 10.8 Å². The number of hydrogen-bond acceptors (Lipinski definition) is 3. The topological polar surface area (TPSA) is 38.7 Å². The fourth-order valence-electron chi connectivity index (χ4n) is 2.29. The molecule has 0 spiro atoms. The van der Waals surface area contributed by atoms with Crippen LogP contribution in [0.2, 0.25) is 5.02 Å². The second-order valence-electron chi connectivity index (χ2n) is 4.33. The molecule has 16 heavy (non-hydrogen) atoms. The first-order valence-corrected chi connectivity index (χ1v) is 5.87. The van der Waals surface area contributed by atoms with Crippen LogP contribution < -0.4 is 9.47 Å². The van der Waals surface area contributed by atoms with Gasteiger partial charge in [0.05, 0.1) is 10.6 Å². The number of halogens is 1. The van der Waals surface area contributed by atoms with E-state index < -0.39 is 5.60 Å². The minimum absolute atomic E-state index is 0.237. The third kappa shape index (κ3) is 1.31. The minimum atomic E-state index is -0.733.